The third kappa shape index (κ3) is 2.41. The normalized spacial score (nSPS) is 14.4. The van der Waals surface area contributed by atoms with Gasteiger partial charge in [0.1, 0.15) is 0 Å². The van der Waals surface area contributed by atoms with Crippen LogP contribution in [0.25, 0.3) is 11.1 Å². The predicted molar refractivity (Wildman–Crippen MR) is 75.5 cm³/mol. The second-order valence-electron chi connectivity index (χ2n) is 4.89. The monoisotopic (exact) mass is 273 g/mol. The zero-order chi connectivity index (χ0) is 13.5. The van der Waals surface area contributed by atoms with E-state index in [1.54, 1.807) is 18.2 Å². The van der Waals surface area contributed by atoms with Crippen molar-refractivity contribution in [2.75, 3.05) is 6.26 Å². The van der Waals surface area contributed by atoms with E-state index in [0.717, 1.165) is 24.2 Å². The number of nitrogens with one attached hydrogen (secondary N) is 1. The van der Waals surface area contributed by atoms with Crippen LogP contribution in [-0.2, 0) is 22.9 Å². The van der Waals surface area contributed by atoms with Gasteiger partial charge in [0.05, 0.1) is 4.90 Å². The lowest BCUT2D eigenvalue weighted by Crippen LogP contribution is -1.99. The van der Waals surface area contributed by atoms with Crippen LogP contribution in [0, 0.1) is 0 Å². The van der Waals surface area contributed by atoms with Gasteiger partial charge >= 0.3 is 0 Å². The van der Waals surface area contributed by atoms with Crippen LogP contribution in [0.1, 0.15) is 11.1 Å². The zero-order valence-electron chi connectivity index (χ0n) is 10.7. The van der Waals surface area contributed by atoms with Gasteiger partial charge in [-0.2, -0.15) is 0 Å². The first-order valence-corrected chi connectivity index (χ1v) is 8.06. The topological polar surface area (TPSA) is 46.2 Å². The first kappa shape index (κ1) is 12.4. The zero-order valence-corrected chi connectivity index (χ0v) is 11.5. The highest BCUT2D eigenvalue weighted by molar-refractivity contribution is 7.90. The summed E-state index contributed by atoms with van der Waals surface area (Å²) in [5.41, 5.74) is 4.62. The maximum Gasteiger partial charge on any atom is 0.175 e. The molecule has 0 saturated carbocycles. The summed E-state index contributed by atoms with van der Waals surface area (Å²) < 4.78 is 23.2. The van der Waals surface area contributed by atoms with Crippen molar-refractivity contribution in [2.45, 2.75) is 18.0 Å². The molecule has 4 heteroatoms. The summed E-state index contributed by atoms with van der Waals surface area (Å²) in [6.07, 6.45) is 1.23. The first-order chi connectivity index (χ1) is 9.04. The van der Waals surface area contributed by atoms with E-state index in [1.165, 1.54) is 17.4 Å². The van der Waals surface area contributed by atoms with Crippen LogP contribution in [0.5, 0.6) is 0 Å². The lowest BCUT2D eigenvalue weighted by Gasteiger charge is -2.06. The molecular weight excluding hydrogens is 258 g/mol. The third-order valence-corrected chi connectivity index (χ3v) is 4.54. The molecule has 3 nitrogen and oxygen atoms in total. The number of hydrogen-bond acceptors (Lipinski definition) is 3. The summed E-state index contributed by atoms with van der Waals surface area (Å²) in [6, 6.07) is 13.4. The average Bonchev–Trinajstić information content (AvgIpc) is 2.85. The van der Waals surface area contributed by atoms with E-state index >= 15 is 0 Å². The minimum absolute atomic E-state index is 0.364. The standard InChI is InChI=1S/C15H15NO2S/c1-19(17,18)15-4-2-3-11(8-15)12-5-6-13-9-16-10-14(13)7-12/h2-8,16H,9-10H2,1H3. The molecule has 1 heterocycles. The summed E-state index contributed by atoms with van der Waals surface area (Å²) >= 11 is 0. The molecular formula is C15H15NO2S. The van der Waals surface area contributed by atoms with E-state index in [4.69, 9.17) is 0 Å². The fraction of sp³-hybridized carbons (Fsp3) is 0.200. The van der Waals surface area contributed by atoms with Crippen LogP contribution >= 0.6 is 0 Å². The summed E-state index contributed by atoms with van der Waals surface area (Å²) in [5.74, 6) is 0. The van der Waals surface area contributed by atoms with E-state index in [-0.39, 0.29) is 0 Å². The molecule has 0 aliphatic carbocycles. The predicted octanol–water partition coefficient (Wildman–Crippen LogP) is 2.36. The summed E-state index contributed by atoms with van der Waals surface area (Å²) in [4.78, 5) is 0.364. The molecule has 0 fully saturated rings. The molecule has 2 aromatic rings. The van der Waals surface area contributed by atoms with E-state index in [9.17, 15) is 8.42 Å². The van der Waals surface area contributed by atoms with Crippen molar-refractivity contribution in [2.24, 2.45) is 0 Å². The van der Waals surface area contributed by atoms with Gasteiger partial charge in [-0.15, -0.1) is 0 Å². The van der Waals surface area contributed by atoms with Crippen LogP contribution in [0.15, 0.2) is 47.4 Å². The van der Waals surface area contributed by atoms with Crippen molar-refractivity contribution in [3.05, 3.63) is 53.6 Å². The number of rotatable bonds is 2. The third-order valence-electron chi connectivity index (χ3n) is 3.43. The number of fused-ring (bicyclic) bond motifs is 1. The molecule has 0 atom stereocenters. The van der Waals surface area contributed by atoms with Gasteiger partial charge in [-0.1, -0.05) is 24.3 Å². The van der Waals surface area contributed by atoms with Crippen molar-refractivity contribution in [1.82, 2.24) is 5.32 Å². The second kappa shape index (κ2) is 4.47. The van der Waals surface area contributed by atoms with Crippen molar-refractivity contribution in [3.63, 3.8) is 0 Å². The van der Waals surface area contributed by atoms with Gasteiger partial charge in [-0.3, -0.25) is 0 Å². The summed E-state index contributed by atoms with van der Waals surface area (Å²) in [7, 11) is -3.16. The Kier molecular flexibility index (Phi) is 2.92. The SMILES string of the molecule is CS(=O)(=O)c1cccc(-c2ccc3c(c2)CNC3)c1. The van der Waals surface area contributed by atoms with Crippen molar-refractivity contribution >= 4 is 9.84 Å². The Hall–Kier alpha value is -1.65. The highest BCUT2D eigenvalue weighted by Crippen LogP contribution is 2.26. The average molecular weight is 273 g/mol. The van der Waals surface area contributed by atoms with Gasteiger partial charge in [0.2, 0.25) is 0 Å². The van der Waals surface area contributed by atoms with Gasteiger partial charge in [0.15, 0.2) is 9.84 Å². The van der Waals surface area contributed by atoms with Crippen LogP contribution < -0.4 is 5.32 Å². The van der Waals surface area contributed by atoms with Crippen LogP contribution in [0.3, 0.4) is 0 Å². The molecule has 0 bridgehead atoms. The quantitative estimate of drug-likeness (QED) is 0.913. The molecule has 19 heavy (non-hydrogen) atoms. The lowest BCUT2D eigenvalue weighted by molar-refractivity contribution is 0.602. The highest BCUT2D eigenvalue weighted by Gasteiger charge is 2.12. The van der Waals surface area contributed by atoms with E-state index in [2.05, 4.69) is 17.4 Å². The van der Waals surface area contributed by atoms with Crippen LogP contribution in [0.2, 0.25) is 0 Å². The molecule has 0 saturated heterocycles. The van der Waals surface area contributed by atoms with Crippen LogP contribution in [0.4, 0.5) is 0 Å². The van der Waals surface area contributed by atoms with Crippen molar-refractivity contribution in [3.8, 4) is 11.1 Å². The molecule has 3 rings (SSSR count). The van der Waals surface area contributed by atoms with Gasteiger partial charge in [0.25, 0.3) is 0 Å². The second-order valence-corrected chi connectivity index (χ2v) is 6.90. The van der Waals surface area contributed by atoms with E-state index < -0.39 is 9.84 Å². The Bertz CT molecular complexity index is 736. The van der Waals surface area contributed by atoms with Gasteiger partial charge in [-0.05, 0) is 40.5 Å². The molecule has 98 valence electrons. The maximum absolute atomic E-state index is 11.6. The lowest BCUT2D eigenvalue weighted by atomic mass is 10.0. The number of benzene rings is 2. The first-order valence-electron chi connectivity index (χ1n) is 6.17. The molecule has 0 unspecified atom stereocenters. The van der Waals surface area contributed by atoms with Gasteiger partial charge in [-0.25, -0.2) is 8.42 Å². The molecule has 1 aliphatic rings. The molecule has 0 radical (unpaired) electrons. The summed E-state index contributed by atoms with van der Waals surface area (Å²) in [5, 5.41) is 3.31. The highest BCUT2D eigenvalue weighted by atomic mass is 32.2. The van der Waals surface area contributed by atoms with Crippen LogP contribution in [-0.4, -0.2) is 14.7 Å². The van der Waals surface area contributed by atoms with Gasteiger partial charge < -0.3 is 5.32 Å². The summed E-state index contributed by atoms with van der Waals surface area (Å²) in [6.45, 7) is 1.80. The molecule has 1 aliphatic heterocycles. The molecule has 1 N–H and O–H groups in total. The van der Waals surface area contributed by atoms with E-state index in [1.807, 2.05) is 12.1 Å². The van der Waals surface area contributed by atoms with Gasteiger partial charge in [0, 0.05) is 19.3 Å². The maximum atomic E-state index is 11.6. The molecule has 0 aromatic heterocycles. The molecule has 2 aromatic carbocycles. The van der Waals surface area contributed by atoms with Crippen molar-refractivity contribution in [1.29, 1.82) is 0 Å². The fourth-order valence-electron chi connectivity index (χ4n) is 2.38. The Morgan fingerprint density at radius 3 is 2.47 bits per heavy atom. The Labute approximate surface area is 113 Å². The minimum Gasteiger partial charge on any atom is -0.309 e. The smallest absolute Gasteiger partial charge is 0.175 e. The molecule has 0 spiro atoms. The minimum atomic E-state index is -3.16. The Balaban J connectivity index is 2.08. The molecule has 0 amide bonds. The fourth-order valence-corrected chi connectivity index (χ4v) is 3.05. The Morgan fingerprint density at radius 1 is 0.947 bits per heavy atom. The van der Waals surface area contributed by atoms with Crippen molar-refractivity contribution < 1.29 is 8.42 Å². The largest absolute Gasteiger partial charge is 0.309 e. The Morgan fingerprint density at radius 2 is 1.68 bits per heavy atom. The van der Waals surface area contributed by atoms with E-state index in [0.29, 0.717) is 4.90 Å². The number of hydrogen-bond donors (Lipinski definition) is 1. The number of sulfone groups is 1.